The maximum atomic E-state index is 12.2. The van der Waals surface area contributed by atoms with E-state index in [2.05, 4.69) is 10.3 Å². The molecule has 1 aromatic carbocycles. The van der Waals surface area contributed by atoms with Crippen LogP contribution in [0.1, 0.15) is 13.8 Å². The molecule has 1 atom stereocenters. The van der Waals surface area contributed by atoms with Crippen molar-refractivity contribution in [3.8, 4) is 11.5 Å². The molecule has 6 nitrogen and oxygen atoms in total. The first-order valence-corrected chi connectivity index (χ1v) is 7.94. The number of ether oxygens (including phenoxy) is 3. The van der Waals surface area contributed by atoms with Crippen LogP contribution < -0.4 is 14.8 Å². The number of nitrogens with one attached hydrogen (secondary N) is 1. The third-order valence-corrected chi connectivity index (χ3v) is 4.33. The van der Waals surface area contributed by atoms with Crippen molar-refractivity contribution in [3.63, 3.8) is 0 Å². The minimum Gasteiger partial charge on any atom is -0.486 e. The van der Waals surface area contributed by atoms with Crippen LogP contribution in [0.5, 0.6) is 11.5 Å². The van der Waals surface area contributed by atoms with Crippen molar-refractivity contribution in [2.24, 2.45) is 5.92 Å². The van der Waals surface area contributed by atoms with Crippen molar-refractivity contribution in [1.29, 1.82) is 0 Å². The Morgan fingerprint density at radius 1 is 1.32 bits per heavy atom. The van der Waals surface area contributed by atoms with E-state index in [1.807, 2.05) is 26.0 Å². The zero-order valence-electron chi connectivity index (χ0n) is 12.7. The molecule has 0 saturated carbocycles. The highest BCUT2D eigenvalue weighted by atomic mass is 32.1. The molecule has 0 aliphatic carbocycles. The lowest BCUT2D eigenvalue weighted by Crippen LogP contribution is -2.33. The number of methoxy groups -OCH3 is 1. The van der Waals surface area contributed by atoms with Gasteiger partial charge in [0.15, 0.2) is 16.6 Å². The summed E-state index contributed by atoms with van der Waals surface area (Å²) in [6.45, 7) is 4.96. The molecule has 0 spiro atoms. The smallest absolute Gasteiger partial charge is 0.255 e. The van der Waals surface area contributed by atoms with E-state index >= 15 is 0 Å². The maximum absolute atomic E-state index is 12.2. The van der Waals surface area contributed by atoms with E-state index in [-0.39, 0.29) is 11.8 Å². The Kier molecular flexibility index (Phi) is 4.17. The average Bonchev–Trinajstić information content (AvgIpc) is 2.85. The van der Waals surface area contributed by atoms with Gasteiger partial charge in [-0.05, 0) is 5.92 Å². The molecule has 0 saturated heterocycles. The zero-order chi connectivity index (χ0) is 15.7. The van der Waals surface area contributed by atoms with Crippen LogP contribution >= 0.6 is 11.3 Å². The van der Waals surface area contributed by atoms with Crippen LogP contribution in [0.25, 0.3) is 10.2 Å². The summed E-state index contributed by atoms with van der Waals surface area (Å²) in [6, 6.07) is 3.74. The van der Waals surface area contributed by atoms with E-state index in [0.717, 1.165) is 16.0 Å². The number of aromatic nitrogens is 1. The lowest BCUT2D eigenvalue weighted by molar-refractivity contribution is -0.128. The Morgan fingerprint density at radius 3 is 2.64 bits per heavy atom. The van der Waals surface area contributed by atoms with E-state index < -0.39 is 6.10 Å². The molecule has 0 bridgehead atoms. The van der Waals surface area contributed by atoms with Crippen molar-refractivity contribution in [2.45, 2.75) is 20.0 Å². The fraction of sp³-hybridized carbons (Fsp3) is 0.467. The van der Waals surface area contributed by atoms with Gasteiger partial charge >= 0.3 is 0 Å². The molecule has 2 aromatic rings. The van der Waals surface area contributed by atoms with E-state index in [1.165, 1.54) is 18.4 Å². The zero-order valence-corrected chi connectivity index (χ0v) is 13.5. The number of amides is 1. The molecule has 7 heteroatoms. The SMILES string of the molecule is COC(C(=O)Nc1nc2cc3c(cc2s1)OCCO3)C(C)C. The minimum absolute atomic E-state index is 0.0912. The molecule has 22 heavy (non-hydrogen) atoms. The standard InChI is InChI=1S/C15H18N2O4S/c1-8(2)13(19-3)14(18)17-15-16-9-6-10-11(7-12(9)22-15)21-5-4-20-10/h6-8,13H,4-5H2,1-3H3,(H,16,17,18). The largest absolute Gasteiger partial charge is 0.486 e. The first-order chi connectivity index (χ1) is 10.6. The van der Waals surface area contributed by atoms with Crippen LogP contribution in [-0.4, -0.2) is 37.3 Å². The Morgan fingerprint density at radius 2 is 2.00 bits per heavy atom. The monoisotopic (exact) mass is 322 g/mol. The molecule has 1 unspecified atom stereocenters. The number of thiazole rings is 1. The summed E-state index contributed by atoms with van der Waals surface area (Å²) in [4.78, 5) is 16.6. The number of nitrogens with zero attached hydrogens (tertiary/aromatic N) is 1. The van der Waals surface area contributed by atoms with Gasteiger partial charge in [-0.1, -0.05) is 25.2 Å². The highest BCUT2D eigenvalue weighted by molar-refractivity contribution is 7.22. The predicted octanol–water partition coefficient (Wildman–Crippen LogP) is 2.68. The lowest BCUT2D eigenvalue weighted by atomic mass is 10.1. The number of rotatable bonds is 4. The molecule has 1 amide bonds. The summed E-state index contributed by atoms with van der Waals surface area (Å²) in [5.41, 5.74) is 0.781. The van der Waals surface area contributed by atoms with Crippen LogP contribution in [0, 0.1) is 5.92 Å². The summed E-state index contributed by atoms with van der Waals surface area (Å²) in [5.74, 6) is 1.32. The van der Waals surface area contributed by atoms with Crippen molar-refractivity contribution in [1.82, 2.24) is 4.98 Å². The quantitative estimate of drug-likeness (QED) is 0.937. The van der Waals surface area contributed by atoms with E-state index in [1.54, 1.807) is 0 Å². The van der Waals surface area contributed by atoms with Crippen LogP contribution in [0.4, 0.5) is 5.13 Å². The second kappa shape index (κ2) is 6.10. The van der Waals surface area contributed by atoms with Crippen LogP contribution in [0.3, 0.4) is 0 Å². The Hall–Kier alpha value is -1.86. The number of hydrogen-bond donors (Lipinski definition) is 1. The van der Waals surface area contributed by atoms with Crippen LogP contribution in [0.2, 0.25) is 0 Å². The molecular formula is C15H18N2O4S. The Bertz CT molecular complexity index is 655. The normalized spacial score (nSPS) is 15.1. The summed E-state index contributed by atoms with van der Waals surface area (Å²) >= 11 is 1.40. The number of carbonyl (C=O) groups excluding carboxylic acids is 1. The number of anilines is 1. The third-order valence-electron chi connectivity index (χ3n) is 3.40. The fourth-order valence-electron chi connectivity index (χ4n) is 2.38. The molecule has 1 N–H and O–H groups in total. The summed E-state index contributed by atoms with van der Waals surface area (Å²) < 4.78 is 17.3. The number of hydrogen-bond acceptors (Lipinski definition) is 6. The van der Waals surface area contributed by atoms with Crippen LogP contribution in [-0.2, 0) is 9.53 Å². The molecule has 1 aromatic heterocycles. The summed E-state index contributed by atoms with van der Waals surface area (Å²) in [5, 5.41) is 3.36. The van der Waals surface area contributed by atoms with Gasteiger partial charge in [0.05, 0.1) is 10.2 Å². The Balaban J connectivity index is 1.84. The van der Waals surface area contributed by atoms with Gasteiger partial charge in [0.1, 0.15) is 19.3 Å². The lowest BCUT2D eigenvalue weighted by Gasteiger charge is -2.17. The molecule has 1 aliphatic rings. The van der Waals surface area contributed by atoms with Gasteiger partial charge in [0.25, 0.3) is 5.91 Å². The molecule has 0 fully saturated rings. The molecule has 0 radical (unpaired) electrons. The Labute approximate surface area is 132 Å². The maximum Gasteiger partial charge on any atom is 0.255 e. The van der Waals surface area contributed by atoms with Gasteiger partial charge in [-0.3, -0.25) is 10.1 Å². The van der Waals surface area contributed by atoms with Gasteiger partial charge in [-0.25, -0.2) is 4.98 Å². The average molecular weight is 322 g/mol. The summed E-state index contributed by atoms with van der Waals surface area (Å²) in [6.07, 6.45) is -0.494. The molecular weight excluding hydrogens is 304 g/mol. The van der Waals surface area contributed by atoms with E-state index in [0.29, 0.717) is 24.1 Å². The third kappa shape index (κ3) is 2.86. The predicted molar refractivity (Wildman–Crippen MR) is 84.9 cm³/mol. The molecule has 3 rings (SSSR count). The molecule has 1 aliphatic heterocycles. The van der Waals surface area contributed by atoms with Crippen LogP contribution in [0.15, 0.2) is 12.1 Å². The number of carbonyl (C=O) groups is 1. The summed E-state index contributed by atoms with van der Waals surface area (Å²) in [7, 11) is 1.53. The van der Waals surface area contributed by atoms with Gasteiger partial charge in [-0.15, -0.1) is 0 Å². The number of benzene rings is 1. The molecule has 118 valence electrons. The van der Waals surface area contributed by atoms with E-state index in [9.17, 15) is 4.79 Å². The second-order valence-electron chi connectivity index (χ2n) is 5.37. The van der Waals surface area contributed by atoms with Gasteiger partial charge in [-0.2, -0.15) is 0 Å². The highest BCUT2D eigenvalue weighted by Crippen LogP contribution is 2.37. The van der Waals surface area contributed by atoms with Gasteiger partial charge < -0.3 is 14.2 Å². The van der Waals surface area contributed by atoms with Crippen molar-refractivity contribution in [3.05, 3.63) is 12.1 Å². The fourth-order valence-corrected chi connectivity index (χ4v) is 3.26. The van der Waals surface area contributed by atoms with Gasteiger partial charge in [0.2, 0.25) is 0 Å². The highest BCUT2D eigenvalue weighted by Gasteiger charge is 2.23. The topological polar surface area (TPSA) is 69.7 Å². The van der Waals surface area contributed by atoms with Crippen molar-refractivity contribution < 1.29 is 19.0 Å². The van der Waals surface area contributed by atoms with Gasteiger partial charge in [0, 0.05) is 19.2 Å². The first-order valence-electron chi connectivity index (χ1n) is 7.12. The van der Waals surface area contributed by atoms with Crippen molar-refractivity contribution >= 4 is 32.6 Å². The van der Waals surface area contributed by atoms with E-state index in [4.69, 9.17) is 14.2 Å². The number of fused-ring (bicyclic) bond motifs is 2. The molecule has 2 heterocycles. The second-order valence-corrected chi connectivity index (χ2v) is 6.40. The van der Waals surface area contributed by atoms with Crippen molar-refractivity contribution in [2.75, 3.05) is 25.6 Å². The first kappa shape index (κ1) is 15.1. The minimum atomic E-state index is -0.494.